The number of anilines is 1. The van der Waals surface area contributed by atoms with Crippen LogP contribution in [0.2, 0.25) is 0 Å². The van der Waals surface area contributed by atoms with Crippen molar-refractivity contribution in [1.82, 2.24) is 9.62 Å². The van der Waals surface area contributed by atoms with Gasteiger partial charge in [-0.05, 0) is 49.2 Å². The average Bonchev–Trinajstić information content (AvgIpc) is 3.28. The molecule has 0 aromatic heterocycles. The van der Waals surface area contributed by atoms with Gasteiger partial charge in [-0.3, -0.25) is 9.59 Å². The first-order valence-electron chi connectivity index (χ1n) is 9.43. The van der Waals surface area contributed by atoms with Crippen molar-refractivity contribution in [2.45, 2.75) is 23.9 Å². The summed E-state index contributed by atoms with van der Waals surface area (Å²) in [6.45, 7) is -0.587. The number of carbonyl (C=O) groups is 2. The van der Waals surface area contributed by atoms with Gasteiger partial charge in [0.25, 0.3) is 11.8 Å². The lowest BCUT2D eigenvalue weighted by atomic mass is 10.1. The minimum Gasteiger partial charge on any atom is -0.343 e. The molecule has 166 valence electrons. The third-order valence-electron chi connectivity index (χ3n) is 4.69. The zero-order valence-electron chi connectivity index (χ0n) is 16.3. The maximum atomic E-state index is 12.6. The van der Waals surface area contributed by atoms with Crippen LogP contribution < -0.4 is 10.6 Å². The monoisotopic (exact) mass is 455 g/mol. The van der Waals surface area contributed by atoms with E-state index in [1.165, 1.54) is 52.8 Å². The van der Waals surface area contributed by atoms with Gasteiger partial charge in [0.2, 0.25) is 10.0 Å². The SMILES string of the molecule is O=C(Nc1ccccc1C(=O)NCC(F)(F)F)c1ccc(S(=O)(=O)N2CCCC2)cc1. The van der Waals surface area contributed by atoms with Crippen molar-refractivity contribution >= 4 is 27.5 Å². The molecule has 0 spiro atoms. The van der Waals surface area contributed by atoms with Gasteiger partial charge in [0.15, 0.2) is 0 Å². The van der Waals surface area contributed by atoms with Crippen molar-refractivity contribution < 1.29 is 31.2 Å². The summed E-state index contributed by atoms with van der Waals surface area (Å²) in [7, 11) is -3.62. The Morgan fingerprint density at radius 2 is 1.55 bits per heavy atom. The molecule has 2 amide bonds. The Balaban J connectivity index is 1.73. The number of hydrogen-bond donors (Lipinski definition) is 2. The molecule has 7 nitrogen and oxygen atoms in total. The molecule has 1 fully saturated rings. The Bertz CT molecular complexity index is 1060. The van der Waals surface area contributed by atoms with Crippen LogP contribution >= 0.6 is 0 Å². The van der Waals surface area contributed by atoms with Crippen molar-refractivity contribution in [3.63, 3.8) is 0 Å². The van der Waals surface area contributed by atoms with Crippen molar-refractivity contribution in [3.8, 4) is 0 Å². The average molecular weight is 455 g/mol. The van der Waals surface area contributed by atoms with E-state index in [4.69, 9.17) is 0 Å². The lowest BCUT2D eigenvalue weighted by Crippen LogP contribution is -2.34. The molecular weight excluding hydrogens is 435 g/mol. The molecule has 0 radical (unpaired) electrons. The van der Waals surface area contributed by atoms with Crippen molar-refractivity contribution in [2.24, 2.45) is 0 Å². The van der Waals surface area contributed by atoms with E-state index in [1.54, 1.807) is 5.32 Å². The summed E-state index contributed by atoms with van der Waals surface area (Å²) < 4.78 is 63.6. The smallest absolute Gasteiger partial charge is 0.343 e. The van der Waals surface area contributed by atoms with Crippen molar-refractivity contribution in [3.05, 3.63) is 59.7 Å². The van der Waals surface area contributed by atoms with Crippen LogP contribution in [0.3, 0.4) is 0 Å². The highest BCUT2D eigenvalue weighted by molar-refractivity contribution is 7.89. The summed E-state index contributed by atoms with van der Waals surface area (Å²) in [4.78, 5) is 24.7. The highest BCUT2D eigenvalue weighted by atomic mass is 32.2. The number of nitrogens with one attached hydrogen (secondary N) is 2. The third kappa shape index (κ3) is 5.61. The lowest BCUT2D eigenvalue weighted by molar-refractivity contribution is -0.123. The summed E-state index contributed by atoms with van der Waals surface area (Å²) in [6.07, 6.45) is -2.96. The number of amides is 2. The van der Waals surface area contributed by atoms with E-state index in [2.05, 4.69) is 5.32 Å². The molecule has 2 N–H and O–H groups in total. The van der Waals surface area contributed by atoms with Crippen LogP contribution in [-0.2, 0) is 10.0 Å². The van der Waals surface area contributed by atoms with Crippen molar-refractivity contribution in [1.29, 1.82) is 0 Å². The zero-order chi connectivity index (χ0) is 22.6. The molecule has 0 atom stereocenters. The van der Waals surface area contributed by atoms with Gasteiger partial charge in [0.05, 0.1) is 16.1 Å². The molecule has 0 bridgehead atoms. The fraction of sp³-hybridized carbons (Fsp3) is 0.300. The van der Waals surface area contributed by atoms with E-state index in [0.717, 1.165) is 12.8 Å². The van der Waals surface area contributed by atoms with Crippen LogP contribution in [0.15, 0.2) is 53.4 Å². The van der Waals surface area contributed by atoms with Crippen LogP contribution in [0.5, 0.6) is 0 Å². The standard InChI is InChI=1S/C20H20F3N3O4S/c21-20(22,23)13-24-19(28)16-5-1-2-6-17(16)25-18(27)14-7-9-15(10-8-14)31(29,30)26-11-3-4-12-26/h1-2,5-10H,3-4,11-13H2,(H,24,28)(H,25,27). The highest BCUT2D eigenvalue weighted by Crippen LogP contribution is 2.22. The summed E-state index contributed by atoms with van der Waals surface area (Å²) in [6, 6.07) is 11.0. The number of rotatable bonds is 6. The first-order valence-corrected chi connectivity index (χ1v) is 10.9. The van der Waals surface area contributed by atoms with Gasteiger partial charge in [0.1, 0.15) is 6.54 Å². The van der Waals surface area contributed by atoms with Crippen LogP contribution in [0.1, 0.15) is 33.6 Å². The molecule has 31 heavy (non-hydrogen) atoms. The van der Waals surface area contributed by atoms with Gasteiger partial charge in [-0.25, -0.2) is 8.42 Å². The Kier molecular flexibility index (Phi) is 6.65. The van der Waals surface area contributed by atoms with E-state index in [9.17, 15) is 31.2 Å². The number of nitrogens with zero attached hydrogens (tertiary/aromatic N) is 1. The first kappa shape index (κ1) is 22.8. The summed E-state index contributed by atoms with van der Waals surface area (Å²) in [5.74, 6) is -1.62. The van der Waals surface area contributed by atoms with Crippen LogP contribution in [0, 0.1) is 0 Å². The zero-order valence-corrected chi connectivity index (χ0v) is 17.1. The normalized spacial score (nSPS) is 14.9. The first-order chi connectivity index (χ1) is 14.6. The van der Waals surface area contributed by atoms with Gasteiger partial charge in [-0.1, -0.05) is 12.1 Å². The Labute approximate surface area is 177 Å². The minimum atomic E-state index is -4.56. The van der Waals surface area contributed by atoms with E-state index in [1.807, 2.05) is 0 Å². The minimum absolute atomic E-state index is 0.0286. The fourth-order valence-electron chi connectivity index (χ4n) is 3.12. The van der Waals surface area contributed by atoms with Crippen LogP contribution in [0.4, 0.5) is 18.9 Å². The van der Waals surface area contributed by atoms with Gasteiger partial charge in [-0.2, -0.15) is 17.5 Å². The Morgan fingerprint density at radius 3 is 2.16 bits per heavy atom. The molecule has 1 aliphatic heterocycles. The molecule has 2 aromatic carbocycles. The van der Waals surface area contributed by atoms with Crippen LogP contribution in [-0.4, -0.2) is 50.3 Å². The van der Waals surface area contributed by atoms with Gasteiger partial charge < -0.3 is 10.6 Å². The Hall–Kier alpha value is -2.92. The number of carbonyl (C=O) groups excluding carboxylic acids is 2. The van der Waals surface area contributed by atoms with Gasteiger partial charge in [0, 0.05) is 18.7 Å². The maximum Gasteiger partial charge on any atom is 0.405 e. The van der Waals surface area contributed by atoms with Gasteiger partial charge in [-0.15, -0.1) is 0 Å². The number of alkyl halides is 3. The second kappa shape index (κ2) is 9.06. The number of sulfonamides is 1. The van der Waals surface area contributed by atoms with Gasteiger partial charge >= 0.3 is 6.18 Å². The quantitative estimate of drug-likeness (QED) is 0.700. The molecule has 1 aliphatic rings. The number of benzene rings is 2. The van der Waals surface area contributed by atoms with E-state index >= 15 is 0 Å². The molecular formula is C20H20F3N3O4S. The topological polar surface area (TPSA) is 95.6 Å². The largest absolute Gasteiger partial charge is 0.405 e. The fourth-order valence-corrected chi connectivity index (χ4v) is 4.63. The number of halogens is 3. The second-order valence-corrected chi connectivity index (χ2v) is 8.87. The molecule has 0 aliphatic carbocycles. The molecule has 11 heteroatoms. The molecule has 0 unspecified atom stereocenters. The summed E-state index contributed by atoms with van der Waals surface area (Å²) in [5, 5.41) is 4.23. The molecule has 0 saturated carbocycles. The van der Waals surface area contributed by atoms with E-state index in [0.29, 0.717) is 13.1 Å². The Morgan fingerprint density at radius 1 is 0.935 bits per heavy atom. The predicted octanol–water partition coefficient (Wildman–Crippen LogP) is 3.02. The lowest BCUT2D eigenvalue weighted by Gasteiger charge is -2.16. The second-order valence-electron chi connectivity index (χ2n) is 6.93. The third-order valence-corrected chi connectivity index (χ3v) is 6.60. The van der Waals surface area contributed by atoms with E-state index in [-0.39, 0.29) is 21.7 Å². The van der Waals surface area contributed by atoms with Crippen molar-refractivity contribution in [2.75, 3.05) is 25.0 Å². The molecule has 3 rings (SSSR count). The maximum absolute atomic E-state index is 12.6. The number of para-hydroxylation sites is 1. The van der Waals surface area contributed by atoms with Crippen LogP contribution in [0.25, 0.3) is 0 Å². The number of hydrogen-bond acceptors (Lipinski definition) is 4. The summed E-state index contributed by atoms with van der Waals surface area (Å²) in [5.41, 5.74) is 0.0279. The van der Waals surface area contributed by atoms with E-state index < -0.39 is 34.6 Å². The molecule has 1 saturated heterocycles. The summed E-state index contributed by atoms with van der Waals surface area (Å²) >= 11 is 0. The molecule has 2 aromatic rings. The predicted molar refractivity (Wildman–Crippen MR) is 107 cm³/mol. The highest BCUT2D eigenvalue weighted by Gasteiger charge is 2.29. The molecule has 1 heterocycles.